The van der Waals surface area contributed by atoms with Crippen molar-refractivity contribution in [2.75, 3.05) is 27.2 Å². The van der Waals surface area contributed by atoms with Gasteiger partial charge in [0.25, 0.3) is 0 Å². The molecule has 0 unspecified atom stereocenters. The van der Waals surface area contributed by atoms with Crippen LogP contribution in [0.15, 0.2) is 23.2 Å². The average molecular weight is 282 g/mol. The van der Waals surface area contributed by atoms with Crippen LogP contribution in [0.25, 0.3) is 0 Å². The molecule has 0 saturated heterocycles. The Balaban J connectivity index is 2.20. The van der Waals surface area contributed by atoms with Gasteiger partial charge in [-0.25, -0.2) is 4.79 Å². The second-order valence-electron chi connectivity index (χ2n) is 4.57. The molecular formula is C13H16ClN3O2. The molecule has 0 saturated carbocycles. The van der Waals surface area contributed by atoms with E-state index in [9.17, 15) is 4.79 Å². The quantitative estimate of drug-likeness (QED) is 0.923. The van der Waals surface area contributed by atoms with Crippen LogP contribution in [0.5, 0.6) is 0 Å². The van der Waals surface area contributed by atoms with Crippen LogP contribution in [-0.4, -0.2) is 54.0 Å². The first-order valence-electron chi connectivity index (χ1n) is 5.97. The number of rotatable bonds is 3. The molecule has 1 amide bonds. The first kappa shape index (κ1) is 13.7. The molecule has 1 aliphatic heterocycles. The summed E-state index contributed by atoms with van der Waals surface area (Å²) in [5.41, 5.74) is 1.75. The van der Waals surface area contributed by atoms with Gasteiger partial charge in [-0.2, -0.15) is 0 Å². The van der Waals surface area contributed by atoms with E-state index in [0.29, 0.717) is 5.02 Å². The van der Waals surface area contributed by atoms with Crippen molar-refractivity contribution >= 4 is 23.5 Å². The van der Waals surface area contributed by atoms with Crippen LogP contribution in [-0.2, 0) is 6.54 Å². The molecule has 0 aromatic heterocycles. The number of likely N-dealkylation sites (N-methyl/N-ethyl adjacent to an activating group) is 1. The largest absolute Gasteiger partial charge is 0.465 e. The Bertz CT molecular complexity index is 531. The van der Waals surface area contributed by atoms with E-state index in [4.69, 9.17) is 16.7 Å². The first-order chi connectivity index (χ1) is 8.99. The van der Waals surface area contributed by atoms with Crippen molar-refractivity contribution in [2.24, 2.45) is 4.99 Å². The van der Waals surface area contributed by atoms with E-state index in [1.54, 1.807) is 0 Å². The van der Waals surface area contributed by atoms with Gasteiger partial charge in [-0.1, -0.05) is 23.7 Å². The van der Waals surface area contributed by atoms with Crippen LogP contribution < -0.4 is 0 Å². The van der Waals surface area contributed by atoms with Crippen LogP contribution >= 0.6 is 11.6 Å². The fraction of sp³-hybridized carbons (Fsp3) is 0.385. The third-order valence-corrected chi connectivity index (χ3v) is 3.46. The van der Waals surface area contributed by atoms with Crippen molar-refractivity contribution in [1.29, 1.82) is 0 Å². The highest BCUT2D eigenvalue weighted by atomic mass is 35.5. The number of carbonyl (C=O) groups is 1. The Morgan fingerprint density at radius 3 is 2.84 bits per heavy atom. The number of benzene rings is 1. The summed E-state index contributed by atoms with van der Waals surface area (Å²) in [6.07, 6.45) is -0.972. The maximum atomic E-state index is 10.8. The SMILES string of the molecule is CN(Cc1ccc(C2=NCCN2C)cc1Cl)C(=O)O. The van der Waals surface area contributed by atoms with Gasteiger partial charge in [0.05, 0.1) is 13.1 Å². The molecule has 0 bridgehead atoms. The van der Waals surface area contributed by atoms with Crippen molar-refractivity contribution < 1.29 is 9.90 Å². The van der Waals surface area contributed by atoms with Crippen LogP contribution in [0.3, 0.4) is 0 Å². The molecule has 0 radical (unpaired) electrons. The van der Waals surface area contributed by atoms with E-state index in [2.05, 4.69) is 9.89 Å². The molecule has 1 N–H and O–H groups in total. The van der Waals surface area contributed by atoms with Crippen molar-refractivity contribution in [2.45, 2.75) is 6.54 Å². The maximum absolute atomic E-state index is 10.8. The average Bonchev–Trinajstić information content (AvgIpc) is 2.78. The number of halogens is 1. The third-order valence-electron chi connectivity index (χ3n) is 3.10. The molecule has 1 heterocycles. The number of aliphatic imine (C=N–C) groups is 1. The van der Waals surface area contributed by atoms with Crippen molar-refractivity contribution in [3.05, 3.63) is 34.3 Å². The number of carboxylic acid groups (broad SMARTS) is 1. The molecule has 102 valence electrons. The fourth-order valence-corrected chi connectivity index (χ4v) is 2.22. The second-order valence-corrected chi connectivity index (χ2v) is 4.98. The summed E-state index contributed by atoms with van der Waals surface area (Å²) in [4.78, 5) is 18.5. The molecular weight excluding hydrogens is 266 g/mol. The monoisotopic (exact) mass is 281 g/mol. The Morgan fingerprint density at radius 1 is 1.58 bits per heavy atom. The number of nitrogens with zero attached hydrogens (tertiary/aromatic N) is 3. The number of amidine groups is 1. The van der Waals surface area contributed by atoms with Gasteiger partial charge in [-0.3, -0.25) is 4.99 Å². The zero-order chi connectivity index (χ0) is 14.0. The lowest BCUT2D eigenvalue weighted by atomic mass is 10.1. The molecule has 2 rings (SSSR count). The van der Waals surface area contributed by atoms with Crippen LogP contribution in [0.1, 0.15) is 11.1 Å². The summed E-state index contributed by atoms with van der Waals surface area (Å²) in [6, 6.07) is 5.62. The van der Waals surface area contributed by atoms with E-state index in [1.807, 2.05) is 25.2 Å². The highest BCUT2D eigenvalue weighted by Gasteiger charge is 2.16. The number of hydrogen-bond acceptors (Lipinski definition) is 3. The molecule has 1 aliphatic rings. The zero-order valence-corrected chi connectivity index (χ0v) is 11.7. The fourth-order valence-electron chi connectivity index (χ4n) is 1.98. The zero-order valence-electron chi connectivity index (χ0n) is 10.9. The molecule has 6 heteroatoms. The van der Waals surface area contributed by atoms with E-state index in [1.165, 1.54) is 11.9 Å². The van der Waals surface area contributed by atoms with Crippen molar-refractivity contribution in [1.82, 2.24) is 9.80 Å². The Morgan fingerprint density at radius 2 is 2.32 bits per heavy atom. The van der Waals surface area contributed by atoms with Gasteiger partial charge in [-0.15, -0.1) is 0 Å². The molecule has 19 heavy (non-hydrogen) atoms. The molecule has 0 fully saturated rings. The standard InChI is InChI=1S/C13H16ClN3O2/c1-16-6-5-15-12(16)9-3-4-10(11(14)7-9)8-17(2)13(18)19/h3-4,7H,5-6,8H2,1-2H3,(H,18,19). The summed E-state index contributed by atoms with van der Waals surface area (Å²) >= 11 is 6.21. The number of amides is 1. The molecule has 0 aliphatic carbocycles. The van der Waals surface area contributed by atoms with Crippen LogP contribution in [0.4, 0.5) is 4.79 Å². The predicted molar refractivity (Wildman–Crippen MR) is 75.0 cm³/mol. The first-order valence-corrected chi connectivity index (χ1v) is 6.35. The van der Waals surface area contributed by atoms with Gasteiger partial charge < -0.3 is 14.9 Å². The van der Waals surface area contributed by atoms with Crippen LogP contribution in [0.2, 0.25) is 5.02 Å². The molecule has 1 aromatic rings. The third kappa shape index (κ3) is 2.98. The van der Waals surface area contributed by atoms with Gasteiger partial charge in [0.2, 0.25) is 0 Å². The Labute approximate surface area is 117 Å². The van der Waals surface area contributed by atoms with Crippen molar-refractivity contribution in [3.8, 4) is 0 Å². The van der Waals surface area contributed by atoms with E-state index in [-0.39, 0.29) is 6.54 Å². The molecule has 0 atom stereocenters. The highest BCUT2D eigenvalue weighted by molar-refractivity contribution is 6.31. The van der Waals surface area contributed by atoms with Crippen LogP contribution in [0, 0.1) is 0 Å². The lowest BCUT2D eigenvalue weighted by Crippen LogP contribution is -2.25. The minimum atomic E-state index is -0.972. The molecule has 5 nitrogen and oxygen atoms in total. The smallest absolute Gasteiger partial charge is 0.407 e. The second kappa shape index (κ2) is 5.48. The lowest BCUT2D eigenvalue weighted by Gasteiger charge is -2.17. The molecule has 1 aromatic carbocycles. The Hall–Kier alpha value is -1.75. The van der Waals surface area contributed by atoms with Gasteiger partial charge in [0.1, 0.15) is 5.84 Å². The summed E-state index contributed by atoms with van der Waals surface area (Å²) in [6.45, 7) is 1.99. The molecule has 0 spiro atoms. The maximum Gasteiger partial charge on any atom is 0.407 e. The summed E-state index contributed by atoms with van der Waals surface area (Å²) in [5, 5.41) is 9.42. The minimum Gasteiger partial charge on any atom is -0.465 e. The van der Waals surface area contributed by atoms with Gasteiger partial charge in [-0.05, 0) is 11.6 Å². The predicted octanol–water partition coefficient (Wildman–Crippen LogP) is 2.14. The van der Waals surface area contributed by atoms with E-state index in [0.717, 1.165) is 30.1 Å². The van der Waals surface area contributed by atoms with Gasteiger partial charge in [0, 0.05) is 31.2 Å². The van der Waals surface area contributed by atoms with Crippen molar-refractivity contribution in [3.63, 3.8) is 0 Å². The summed E-state index contributed by atoms with van der Waals surface area (Å²) in [5.74, 6) is 0.931. The Kier molecular flexibility index (Phi) is 3.95. The summed E-state index contributed by atoms with van der Waals surface area (Å²) < 4.78 is 0. The van der Waals surface area contributed by atoms with E-state index >= 15 is 0 Å². The number of hydrogen-bond donors (Lipinski definition) is 1. The van der Waals surface area contributed by atoms with E-state index < -0.39 is 6.09 Å². The topological polar surface area (TPSA) is 56.1 Å². The highest BCUT2D eigenvalue weighted by Crippen LogP contribution is 2.21. The lowest BCUT2D eigenvalue weighted by molar-refractivity contribution is 0.154. The van der Waals surface area contributed by atoms with Gasteiger partial charge >= 0.3 is 6.09 Å². The minimum absolute atomic E-state index is 0.275. The normalized spacial score (nSPS) is 14.5. The van der Waals surface area contributed by atoms with Gasteiger partial charge in [0.15, 0.2) is 0 Å². The summed E-state index contributed by atoms with van der Waals surface area (Å²) in [7, 11) is 3.51.